The molecule has 3 nitrogen and oxygen atoms in total. The summed E-state index contributed by atoms with van der Waals surface area (Å²) in [4.78, 5) is 12.1. The van der Waals surface area contributed by atoms with Gasteiger partial charge in [-0.15, -0.1) is 0 Å². The molecular formula is C18H20BrClN2O. The first-order chi connectivity index (χ1) is 11.0. The van der Waals surface area contributed by atoms with Gasteiger partial charge in [0, 0.05) is 15.5 Å². The number of halogens is 2. The summed E-state index contributed by atoms with van der Waals surface area (Å²) in [7, 11) is 0. The average molecular weight is 396 g/mol. The van der Waals surface area contributed by atoms with Crippen LogP contribution in [-0.4, -0.2) is 12.5 Å². The third-order valence-corrected chi connectivity index (χ3v) is 4.43. The first kappa shape index (κ1) is 18.0. The van der Waals surface area contributed by atoms with Crippen molar-refractivity contribution >= 4 is 33.4 Å². The summed E-state index contributed by atoms with van der Waals surface area (Å²) in [5.41, 5.74) is 2.13. The van der Waals surface area contributed by atoms with Gasteiger partial charge in [0.15, 0.2) is 0 Å². The highest BCUT2D eigenvalue weighted by Crippen LogP contribution is 2.18. The van der Waals surface area contributed by atoms with E-state index in [4.69, 9.17) is 11.6 Å². The van der Waals surface area contributed by atoms with Gasteiger partial charge >= 0.3 is 0 Å². The Balaban J connectivity index is 1.83. The van der Waals surface area contributed by atoms with Crippen LogP contribution in [-0.2, 0) is 4.79 Å². The van der Waals surface area contributed by atoms with Crippen molar-refractivity contribution in [2.24, 2.45) is 0 Å². The molecule has 5 heteroatoms. The molecule has 2 atom stereocenters. The van der Waals surface area contributed by atoms with E-state index >= 15 is 0 Å². The minimum Gasteiger partial charge on any atom is -0.348 e. The fraction of sp³-hybridized carbons (Fsp3) is 0.278. The molecule has 1 amide bonds. The molecule has 0 aromatic heterocycles. The van der Waals surface area contributed by atoms with Crippen LogP contribution in [0.15, 0.2) is 53.0 Å². The fourth-order valence-corrected chi connectivity index (χ4v) is 2.73. The summed E-state index contributed by atoms with van der Waals surface area (Å²) in [5.74, 6) is -0.0331. The number of hydrogen-bond acceptors (Lipinski definition) is 2. The van der Waals surface area contributed by atoms with Gasteiger partial charge in [0.2, 0.25) is 5.91 Å². The van der Waals surface area contributed by atoms with Crippen LogP contribution >= 0.6 is 27.5 Å². The molecule has 122 valence electrons. The SMILES string of the molecule is C[C@H](NCC(=O)N[C@@H](C)c1ccc(Br)cc1)c1cccc(Cl)c1. The standard InChI is InChI=1S/C18H20BrClN2O/c1-12(15-4-3-5-17(20)10-15)21-11-18(23)22-13(2)14-6-8-16(19)9-7-14/h3-10,12-13,21H,11H2,1-2H3,(H,22,23)/t12-,13-/m0/s1. The molecule has 0 fully saturated rings. The van der Waals surface area contributed by atoms with E-state index in [1.54, 1.807) is 0 Å². The lowest BCUT2D eigenvalue weighted by molar-refractivity contribution is -0.121. The number of carbonyl (C=O) groups excluding carboxylic acids is 1. The minimum atomic E-state index is -0.0331. The summed E-state index contributed by atoms with van der Waals surface area (Å²) in [6, 6.07) is 15.6. The van der Waals surface area contributed by atoms with Crippen LogP contribution in [0.4, 0.5) is 0 Å². The molecule has 0 bridgehead atoms. The summed E-state index contributed by atoms with van der Waals surface area (Å²) < 4.78 is 1.02. The van der Waals surface area contributed by atoms with Gasteiger partial charge in [0.1, 0.15) is 0 Å². The Morgan fingerprint density at radius 3 is 2.43 bits per heavy atom. The minimum absolute atomic E-state index is 0.0288. The van der Waals surface area contributed by atoms with Gasteiger partial charge in [-0.25, -0.2) is 0 Å². The van der Waals surface area contributed by atoms with Crippen molar-refractivity contribution in [3.63, 3.8) is 0 Å². The Hall–Kier alpha value is -1.36. The zero-order valence-corrected chi connectivity index (χ0v) is 15.5. The van der Waals surface area contributed by atoms with Crippen molar-refractivity contribution in [1.82, 2.24) is 10.6 Å². The highest BCUT2D eigenvalue weighted by molar-refractivity contribution is 9.10. The van der Waals surface area contributed by atoms with Crippen LogP contribution in [0.3, 0.4) is 0 Å². The third kappa shape index (κ3) is 5.65. The Kier molecular flexibility index (Phi) is 6.63. The van der Waals surface area contributed by atoms with E-state index in [2.05, 4.69) is 26.6 Å². The Labute approximate surface area is 150 Å². The number of nitrogens with one attached hydrogen (secondary N) is 2. The quantitative estimate of drug-likeness (QED) is 0.748. The van der Waals surface area contributed by atoms with Crippen molar-refractivity contribution in [3.8, 4) is 0 Å². The summed E-state index contributed by atoms with van der Waals surface area (Å²) in [5, 5.41) is 6.90. The maximum Gasteiger partial charge on any atom is 0.234 e. The lowest BCUT2D eigenvalue weighted by atomic mass is 10.1. The molecule has 0 spiro atoms. The number of rotatable bonds is 6. The fourth-order valence-electron chi connectivity index (χ4n) is 2.27. The van der Waals surface area contributed by atoms with Crippen molar-refractivity contribution in [1.29, 1.82) is 0 Å². The lowest BCUT2D eigenvalue weighted by Crippen LogP contribution is -2.36. The maximum absolute atomic E-state index is 12.1. The van der Waals surface area contributed by atoms with Gasteiger partial charge in [-0.3, -0.25) is 4.79 Å². The molecule has 23 heavy (non-hydrogen) atoms. The molecule has 0 saturated carbocycles. The predicted molar refractivity (Wildman–Crippen MR) is 98.6 cm³/mol. The molecule has 0 saturated heterocycles. The van der Waals surface area contributed by atoms with E-state index in [1.807, 2.05) is 62.4 Å². The number of benzene rings is 2. The van der Waals surface area contributed by atoms with Crippen molar-refractivity contribution < 1.29 is 4.79 Å². The van der Waals surface area contributed by atoms with E-state index in [9.17, 15) is 4.79 Å². The van der Waals surface area contributed by atoms with Crippen LogP contribution in [0.1, 0.15) is 37.1 Å². The number of hydrogen-bond donors (Lipinski definition) is 2. The number of carbonyl (C=O) groups is 1. The molecule has 0 radical (unpaired) electrons. The van der Waals surface area contributed by atoms with Crippen LogP contribution in [0.25, 0.3) is 0 Å². The predicted octanol–water partition coefficient (Wildman–Crippen LogP) is 4.63. The van der Waals surface area contributed by atoms with E-state index in [1.165, 1.54) is 0 Å². The van der Waals surface area contributed by atoms with Crippen molar-refractivity contribution in [3.05, 3.63) is 69.2 Å². The second-order valence-electron chi connectivity index (χ2n) is 5.50. The summed E-state index contributed by atoms with van der Waals surface area (Å²) in [6.45, 7) is 4.24. The van der Waals surface area contributed by atoms with E-state index in [0.717, 1.165) is 15.6 Å². The molecule has 0 aliphatic carbocycles. The first-order valence-corrected chi connectivity index (χ1v) is 8.66. The molecule has 2 aromatic rings. The van der Waals surface area contributed by atoms with Crippen molar-refractivity contribution in [2.75, 3.05) is 6.54 Å². The first-order valence-electron chi connectivity index (χ1n) is 7.49. The molecule has 0 aliphatic heterocycles. The summed E-state index contributed by atoms with van der Waals surface area (Å²) >= 11 is 9.40. The lowest BCUT2D eigenvalue weighted by Gasteiger charge is -2.17. The Bertz CT molecular complexity index is 660. The smallest absolute Gasteiger partial charge is 0.234 e. The molecule has 0 aliphatic rings. The van der Waals surface area contributed by atoms with Gasteiger partial charge in [-0.2, -0.15) is 0 Å². The highest BCUT2D eigenvalue weighted by Gasteiger charge is 2.11. The van der Waals surface area contributed by atoms with Crippen LogP contribution in [0.2, 0.25) is 5.02 Å². The van der Waals surface area contributed by atoms with E-state index < -0.39 is 0 Å². The normalized spacial score (nSPS) is 13.4. The van der Waals surface area contributed by atoms with E-state index in [0.29, 0.717) is 5.02 Å². The Morgan fingerprint density at radius 2 is 1.78 bits per heavy atom. The largest absolute Gasteiger partial charge is 0.348 e. The zero-order valence-electron chi connectivity index (χ0n) is 13.1. The summed E-state index contributed by atoms with van der Waals surface area (Å²) in [6.07, 6.45) is 0. The van der Waals surface area contributed by atoms with Gasteiger partial charge in [0.05, 0.1) is 12.6 Å². The molecule has 2 rings (SSSR count). The second-order valence-corrected chi connectivity index (χ2v) is 6.85. The molecule has 0 unspecified atom stereocenters. The molecular weight excluding hydrogens is 376 g/mol. The van der Waals surface area contributed by atoms with Gasteiger partial charge in [-0.05, 0) is 49.2 Å². The van der Waals surface area contributed by atoms with Gasteiger partial charge in [0.25, 0.3) is 0 Å². The van der Waals surface area contributed by atoms with Crippen LogP contribution in [0, 0.1) is 0 Å². The van der Waals surface area contributed by atoms with Crippen LogP contribution < -0.4 is 10.6 Å². The number of amides is 1. The average Bonchev–Trinajstić information content (AvgIpc) is 2.53. The third-order valence-electron chi connectivity index (χ3n) is 3.66. The monoisotopic (exact) mass is 394 g/mol. The Morgan fingerprint density at radius 1 is 1.09 bits per heavy atom. The maximum atomic E-state index is 12.1. The highest BCUT2D eigenvalue weighted by atomic mass is 79.9. The van der Waals surface area contributed by atoms with Gasteiger partial charge < -0.3 is 10.6 Å². The zero-order chi connectivity index (χ0) is 16.8. The van der Waals surface area contributed by atoms with Crippen LogP contribution in [0.5, 0.6) is 0 Å². The van der Waals surface area contributed by atoms with E-state index in [-0.39, 0.29) is 24.5 Å². The van der Waals surface area contributed by atoms with Gasteiger partial charge in [-0.1, -0.05) is 51.8 Å². The topological polar surface area (TPSA) is 41.1 Å². The molecule has 2 aromatic carbocycles. The van der Waals surface area contributed by atoms with Crippen molar-refractivity contribution in [2.45, 2.75) is 25.9 Å². The molecule has 0 heterocycles. The molecule has 2 N–H and O–H groups in total. The second kappa shape index (κ2) is 8.48.